The first kappa shape index (κ1) is 16.0. The summed E-state index contributed by atoms with van der Waals surface area (Å²) in [6, 6.07) is 8.40. The van der Waals surface area contributed by atoms with Crippen LogP contribution in [0.4, 0.5) is 0 Å². The van der Waals surface area contributed by atoms with Gasteiger partial charge in [0.2, 0.25) is 5.78 Å². The molecule has 1 nitrogen and oxygen atoms in total. The first-order valence-electron chi connectivity index (χ1n) is 7.70. The van der Waals surface area contributed by atoms with Crippen molar-refractivity contribution < 1.29 is 4.79 Å². The second kappa shape index (κ2) is 6.57. The average Bonchev–Trinajstić information content (AvgIpc) is 2.94. The molecule has 0 radical (unpaired) electrons. The molecule has 0 atom stereocenters. The lowest BCUT2D eigenvalue weighted by atomic mass is 9.89. The van der Waals surface area contributed by atoms with Crippen LogP contribution in [0.3, 0.4) is 0 Å². The van der Waals surface area contributed by atoms with Gasteiger partial charge in [-0.1, -0.05) is 52.8 Å². The van der Waals surface area contributed by atoms with Gasteiger partial charge in [0.1, 0.15) is 0 Å². The molecule has 0 aliphatic carbocycles. The van der Waals surface area contributed by atoms with Crippen LogP contribution < -0.4 is 0 Å². The predicted octanol–water partition coefficient (Wildman–Crippen LogP) is 5.79. The Bertz CT molecular complexity index is 635. The second-order valence-electron chi connectivity index (χ2n) is 6.11. The zero-order valence-corrected chi connectivity index (χ0v) is 14.4. The van der Waals surface area contributed by atoms with Gasteiger partial charge in [-0.2, -0.15) is 0 Å². The van der Waals surface area contributed by atoms with Crippen LogP contribution in [0.25, 0.3) is 0 Å². The minimum absolute atomic E-state index is 0.181. The zero-order valence-electron chi connectivity index (χ0n) is 13.6. The van der Waals surface area contributed by atoms with E-state index in [-0.39, 0.29) is 5.78 Å². The van der Waals surface area contributed by atoms with Crippen molar-refractivity contribution in [1.82, 2.24) is 0 Å². The number of hydrogen-bond acceptors (Lipinski definition) is 2. The summed E-state index contributed by atoms with van der Waals surface area (Å²) in [6.07, 6.45) is 0.908. The molecule has 0 saturated carbocycles. The van der Waals surface area contributed by atoms with E-state index in [2.05, 4.69) is 52.8 Å². The van der Waals surface area contributed by atoms with Crippen LogP contribution in [0.5, 0.6) is 0 Å². The Hall–Kier alpha value is -1.41. The molecule has 2 heteroatoms. The highest BCUT2D eigenvalue weighted by molar-refractivity contribution is 7.12. The van der Waals surface area contributed by atoms with E-state index in [9.17, 15) is 4.79 Å². The summed E-state index contributed by atoms with van der Waals surface area (Å²) in [5.41, 5.74) is 4.50. The van der Waals surface area contributed by atoms with Crippen LogP contribution in [-0.4, -0.2) is 5.78 Å². The molecule has 0 spiro atoms. The summed E-state index contributed by atoms with van der Waals surface area (Å²) in [6.45, 7) is 10.8. The summed E-state index contributed by atoms with van der Waals surface area (Å²) >= 11 is 1.56. The van der Waals surface area contributed by atoms with Gasteiger partial charge in [-0.05, 0) is 46.4 Å². The standard InChI is InChI=1S/C19H24OS/c1-6-14-9-10-21-19(14)18(20)16-8-7-15(12(2)3)11-17(16)13(4)5/h7-13H,6H2,1-5H3. The highest BCUT2D eigenvalue weighted by atomic mass is 32.1. The Balaban J connectivity index is 2.50. The highest BCUT2D eigenvalue weighted by Gasteiger charge is 2.19. The van der Waals surface area contributed by atoms with Crippen molar-refractivity contribution in [3.05, 3.63) is 56.8 Å². The number of hydrogen-bond donors (Lipinski definition) is 0. The van der Waals surface area contributed by atoms with Crippen molar-refractivity contribution in [3.8, 4) is 0 Å². The van der Waals surface area contributed by atoms with Crippen molar-refractivity contribution in [2.75, 3.05) is 0 Å². The lowest BCUT2D eigenvalue weighted by Crippen LogP contribution is -2.08. The minimum atomic E-state index is 0.181. The monoisotopic (exact) mass is 300 g/mol. The number of rotatable bonds is 5. The molecule has 0 aliphatic rings. The largest absolute Gasteiger partial charge is 0.288 e. The van der Waals surface area contributed by atoms with Crippen molar-refractivity contribution in [3.63, 3.8) is 0 Å². The van der Waals surface area contributed by atoms with Crippen LogP contribution in [0.2, 0.25) is 0 Å². The van der Waals surface area contributed by atoms with E-state index in [1.165, 1.54) is 11.1 Å². The summed E-state index contributed by atoms with van der Waals surface area (Å²) in [7, 11) is 0. The molecule has 0 bridgehead atoms. The van der Waals surface area contributed by atoms with Crippen molar-refractivity contribution in [2.45, 2.75) is 52.9 Å². The SMILES string of the molecule is CCc1ccsc1C(=O)c1ccc(C(C)C)cc1C(C)C. The lowest BCUT2D eigenvalue weighted by molar-refractivity contribution is 0.104. The molecule has 0 fully saturated rings. The van der Waals surface area contributed by atoms with Crippen LogP contribution in [0.15, 0.2) is 29.6 Å². The Labute approximate surface area is 132 Å². The Kier molecular flexibility index (Phi) is 5.00. The normalized spacial score (nSPS) is 11.4. The number of carbonyl (C=O) groups excluding carboxylic acids is 1. The van der Waals surface area contributed by atoms with E-state index in [1.807, 2.05) is 11.4 Å². The molecule has 2 rings (SSSR count). The van der Waals surface area contributed by atoms with Crippen LogP contribution in [-0.2, 0) is 6.42 Å². The number of ketones is 1. The second-order valence-corrected chi connectivity index (χ2v) is 7.03. The number of thiophene rings is 1. The minimum Gasteiger partial charge on any atom is -0.288 e. The molecule has 21 heavy (non-hydrogen) atoms. The molecule has 0 N–H and O–H groups in total. The van der Waals surface area contributed by atoms with Gasteiger partial charge in [0.25, 0.3) is 0 Å². The summed E-state index contributed by atoms with van der Waals surface area (Å²) in [4.78, 5) is 13.8. The smallest absolute Gasteiger partial charge is 0.203 e. The third kappa shape index (κ3) is 3.26. The lowest BCUT2D eigenvalue weighted by Gasteiger charge is -2.15. The summed E-state index contributed by atoms with van der Waals surface area (Å²) in [5, 5.41) is 2.02. The van der Waals surface area contributed by atoms with E-state index >= 15 is 0 Å². The molecule has 0 aliphatic heterocycles. The third-order valence-corrected chi connectivity index (χ3v) is 4.90. The molecular weight excluding hydrogens is 276 g/mol. The molecule has 2 aromatic rings. The average molecular weight is 300 g/mol. The van der Waals surface area contributed by atoms with E-state index in [1.54, 1.807) is 11.3 Å². The topological polar surface area (TPSA) is 17.1 Å². The Morgan fingerprint density at radius 2 is 1.81 bits per heavy atom. The molecule has 1 aromatic heterocycles. The van der Waals surface area contributed by atoms with Crippen molar-refractivity contribution in [1.29, 1.82) is 0 Å². The predicted molar refractivity (Wildman–Crippen MR) is 91.7 cm³/mol. The van der Waals surface area contributed by atoms with Crippen LogP contribution >= 0.6 is 11.3 Å². The van der Waals surface area contributed by atoms with Gasteiger partial charge in [0.05, 0.1) is 4.88 Å². The fourth-order valence-electron chi connectivity index (χ4n) is 2.56. The van der Waals surface area contributed by atoms with Gasteiger partial charge in [-0.25, -0.2) is 0 Å². The molecule has 1 aromatic carbocycles. The van der Waals surface area contributed by atoms with Gasteiger partial charge in [0, 0.05) is 5.56 Å². The van der Waals surface area contributed by atoms with Gasteiger partial charge in [-0.3, -0.25) is 4.79 Å². The van der Waals surface area contributed by atoms with E-state index in [0.29, 0.717) is 11.8 Å². The Morgan fingerprint density at radius 1 is 1.10 bits per heavy atom. The van der Waals surface area contributed by atoms with Gasteiger partial charge >= 0.3 is 0 Å². The van der Waals surface area contributed by atoms with Gasteiger partial charge < -0.3 is 0 Å². The maximum Gasteiger partial charge on any atom is 0.203 e. The summed E-state index contributed by atoms with van der Waals surface area (Å²) in [5.74, 6) is 1.02. The fraction of sp³-hybridized carbons (Fsp3) is 0.421. The van der Waals surface area contributed by atoms with E-state index in [0.717, 1.165) is 22.4 Å². The molecular formula is C19H24OS. The Morgan fingerprint density at radius 3 is 2.38 bits per heavy atom. The van der Waals surface area contributed by atoms with Crippen LogP contribution in [0, 0.1) is 0 Å². The molecule has 0 saturated heterocycles. The van der Waals surface area contributed by atoms with E-state index < -0.39 is 0 Å². The summed E-state index contributed by atoms with van der Waals surface area (Å²) < 4.78 is 0. The number of aryl methyl sites for hydroxylation is 1. The first-order chi connectivity index (χ1) is 9.95. The quantitative estimate of drug-likeness (QED) is 0.639. The molecule has 112 valence electrons. The van der Waals surface area contributed by atoms with Gasteiger partial charge in [-0.15, -0.1) is 11.3 Å². The molecule has 1 heterocycles. The number of carbonyl (C=O) groups is 1. The fourth-order valence-corrected chi connectivity index (χ4v) is 3.51. The maximum absolute atomic E-state index is 12.9. The van der Waals surface area contributed by atoms with E-state index in [4.69, 9.17) is 0 Å². The van der Waals surface area contributed by atoms with Crippen LogP contribution in [0.1, 0.15) is 78.4 Å². The third-order valence-electron chi connectivity index (χ3n) is 3.94. The van der Waals surface area contributed by atoms with Crippen molar-refractivity contribution >= 4 is 17.1 Å². The van der Waals surface area contributed by atoms with Crippen molar-refractivity contribution in [2.24, 2.45) is 0 Å². The zero-order chi connectivity index (χ0) is 15.6. The molecule has 0 unspecified atom stereocenters. The highest BCUT2D eigenvalue weighted by Crippen LogP contribution is 2.29. The molecule has 0 amide bonds. The number of benzene rings is 1. The first-order valence-corrected chi connectivity index (χ1v) is 8.58. The maximum atomic E-state index is 12.9. The van der Waals surface area contributed by atoms with Gasteiger partial charge in [0.15, 0.2) is 0 Å².